The molecule has 9 heteroatoms. The highest BCUT2D eigenvalue weighted by Crippen LogP contribution is 2.18. The van der Waals surface area contributed by atoms with Gasteiger partial charge < -0.3 is 15.4 Å². The van der Waals surface area contributed by atoms with Crippen molar-refractivity contribution in [1.29, 1.82) is 0 Å². The number of carbonyl (C=O) groups excluding carboxylic acids is 2. The van der Waals surface area contributed by atoms with Crippen molar-refractivity contribution in [3.8, 4) is 0 Å². The molecule has 2 aromatic carbocycles. The summed E-state index contributed by atoms with van der Waals surface area (Å²) in [5.74, 6) is -0.833. The topological polar surface area (TPSA) is 114 Å². The lowest BCUT2D eigenvalue weighted by molar-refractivity contribution is 0.0858. The highest BCUT2D eigenvalue weighted by atomic mass is 32.2. The zero-order valence-electron chi connectivity index (χ0n) is 16.0. The first-order valence-corrected chi connectivity index (χ1v) is 10.7. The molecule has 1 fully saturated rings. The van der Waals surface area contributed by atoms with Gasteiger partial charge in [0.2, 0.25) is 10.0 Å². The summed E-state index contributed by atoms with van der Waals surface area (Å²) in [6, 6.07) is 12.3. The van der Waals surface area contributed by atoms with Gasteiger partial charge in [0.05, 0.1) is 22.3 Å². The minimum Gasteiger partial charge on any atom is -0.376 e. The van der Waals surface area contributed by atoms with Crippen LogP contribution in [0.15, 0.2) is 53.4 Å². The molecule has 0 unspecified atom stereocenters. The molecule has 0 saturated carbocycles. The normalized spacial score (nSPS) is 16.4. The van der Waals surface area contributed by atoms with Crippen LogP contribution in [0.3, 0.4) is 0 Å². The van der Waals surface area contributed by atoms with Crippen LogP contribution in [0.2, 0.25) is 0 Å². The zero-order valence-corrected chi connectivity index (χ0v) is 16.8. The van der Waals surface area contributed by atoms with Crippen molar-refractivity contribution < 1.29 is 22.7 Å². The molecular formula is C20H23N3O5S. The zero-order chi connectivity index (χ0) is 20.9. The van der Waals surface area contributed by atoms with E-state index < -0.39 is 15.9 Å². The van der Waals surface area contributed by atoms with E-state index in [1.54, 1.807) is 24.3 Å². The Morgan fingerprint density at radius 1 is 1.10 bits per heavy atom. The predicted octanol–water partition coefficient (Wildman–Crippen LogP) is 1.76. The third-order valence-corrected chi connectivity index (χ3v) is 6.02. The van der Waals surface area contributed by atoms with E-state index in [-0.39, 0.29) is 22.5 Å². The van der Waals surface area contributed by atoms with E-state index in [0.717, 1.165) is 12.8 Å². The quantitative estimate of drug-likeness (QED) is 0.635. The van der Waals surface area contributed by atoms with Crippen molar-refractivity contribution in [2.45, 2.75) is 23.8 Å². The Kier molecular flexibility index (Phi) is 6.63. The molecule has 29 heavy (non-hydrogen) atoms. The minimum absolute atomic E-state index is 0.0116. The van der Waals surface area contributed by atoms with Crippen molar-refractivity contribution in [2.24, 2.45) is 0 Å². The van der Waals surface area contributed by atoms with Crippen LogP contribution >= 0.6 is 0 Å². The summed E-state index contributed by atoms with van der Waals surface area (Å²) in [5, 5.41) is 5.51. The summed E-state index contributed by atoms with van der Waals surface area (Å²) in [5.41, 5.74) is 0.818. The Morgan fingerprint density at radius 2 is 1.90 bits per heavy atom. The van der Waals surface area contributed by atoms with Crippen molar-refractivity contribution in [2.75, 3.05) is 25.5 Å². The SMILES string of the molecule is CNS(=O)(=O)c1cccc(C(=O)Nc2ccccc2C(=O)NC[C@@H]2CCCO2)c1. The van der Waals surface area contributed by atoms with Gasteiger partial charge in [0.25, 0.3) is 11.8 Å². The van der Waals surface area contributed by atoms with Gasteiger partial charge in [-0.05, 0) is 50.2 Å². The first-order chi connectivity index (χ1) is 13.9. The lowest BCUT2D eigenvalue weighted by atomic mass is 10.1. The third kappa shape index (κ3) is 5.20. The molecule has 1 aliphatic heterocycles. The predicted molar refractivity (Wildman–Crippen MR) is 108 cm³/mol. The summed E-state index contributed by atoms with van der Waals surface area (Å²) >= 11 is 0. The fourth-order valence-electron chi connectivity index (χ4n) is 3.01. The fourth-order valence-corrected chi connectivity index (χ4v) is 3.79. The molecule has 2 amide bonds. The van der Waals surface area contributed by atoms with E-state index in [0.29, 0.717) is 24.4 Å². The lowest BCUT2D eigenvalue weighted by Crippen LogP contribution is -2.32. The standard InChI is InChI=1S/C20H23N3O5S/c1-21-29(26,27)16-8-4-6-14(12-16)19(24)23-18-10-3-2-9-17(18)20(25)22-13-15-7-5-11-28-15/h2-4,6,8-10,12,15,21H,5,7,11,13H2,1H3,(H,22,25)(H,23,24)/t15-/m0/s1. The highest BCUT2D eigenvalue weighted by molar-refractivity contribution is 7.89. The Bertz CT molecular complexity index is 1000. The average Bonchev–Trinajstić information content (AvgIpc) is 3.26. The molecule has 0 bridgehead atoms. The maximum atomic E-state index is 12.6. The molecule has 3 N–H and O–H groups in total. The molecule has 1 saturated heterocycles. The summed E-state index contributed by atoms with van der Waals surface area (Å²) in [4.78, 5) is 25.2. The number of sulfonamides is 1. The van der Waals surface area contributed by atoms with Crippen molar-refractivity contribution in [3.63, 3.8) is 0 Å². The maximum Gasteiger partial charge on any atom is 0.255 e. The number of rotatable bonds is 7. The van der Waals surface area contributed by atoms with E-state index >= 15 is 0 Å². The van der Waals surface area contributed by atoms with Crippen molar-refractivity contribution in [1.82, 2.24) is 10.0 Å². The van der Waals surface area contributed by atoms with Crippen LogP contribution in [0.5, 0.6) is 0 Å². The molecule has 0 aromatic heterocycles. The number of ether oxygens (including phenoxy) is 1. The number of hydrogen-bond acceptors (Lipinski definition) is 5. The largest absolute Gasteiger partial charge is 0.376 e. The Balaban J connectivity index is 1.74. The van der Waals surface area contributed by atoms with Crippen LogP contribution in [-0.2, 0) is 14.8 Å². The van der Waals surface area contributed by atoms with E-state index in [1.807, 2.05) is 0 Å². The van der Waals surface area contributed by atoms with Gasteiger partial charge in [-0.25, -0.2) is 13.1 Å². The number of benzene rings is 2. The number of anilines is 1. The Hall–Kier alpha value is -2.75. The van der Waals surface area contributed by atoms with Gasteiger partial charge in [-0.2, -0.15) is 0 Å². The summed E-state index contributed by atoms with van der Waals surface area (Å²) in [6.07, 6.45) is 1.90. The summed E-state index contributed by atoms with van der Waals surface area (Å²) in [6.45, 7) is 1.11. The second-order valence-electron chi connectivity index (χ2n) is 6.58. The maximum absolute atomic E-state index is 12.6. The van der Waals surface area contributed by atoms with E-state index in [9.17, 15) is 18.0 Å². The average molecular weight is 417 g/mol. The fraction of sp³-hybridized carbons (Fsp3) is 0.300. The highest BCUT2D eigenvalue weighted by Gasteiger charge is 2.19. The molecule has 1 heterocycles. The van der Waals surface area contributed by atoms with Gasteiger partial charge in [0, 0.05) is 18.7 Å². The van der Waals surface area contributed by atoms with E-state index in [1.165, 1.54) is 31.3 Å². The van der Waals surface area contributed by atoms with Crippen LogP contribution in [0.1, 0.15) is 33.6 Å². The van der Waals surface area contributed by atoms with Crippen LogP contribution in [0, 0.1) is 0 Å². The number of hydrogen-bond donors (Lipinski definition) is 3. The molecular weight excluding hydrogens is 394 g/mol. The number of nitrogens with one attached hydrogen (secondary N) is 3. The van der Waals surface area contributed by atoms with Gasteiger partial charge in [-0.3, -0.25) is 9.59 Å². The molecule has 8 nitrogen and oxygen atoms in total. The molecule has 1 aliphatic rings. The van der Waals surface area contributed by atoms with Crippen molar-refractivity contribution in [3.05, 3.63) is 59.7 Å². The van der Waals surface area contributed by atoms with Gasteiger partial charge in [-0.1, -0.05) is 18.2 Å². The van der Waals surface area contributed by atoms with Crippen molar-refractivity contribution >= 4 is 27.5 Å². The molecule has 154 valence electrons. The van der Waals surface area contributed by atoms with Gasteiger partial charge in [0.15, 0.2) is 0 Å². The van der Waals surface area contributed by atoms with Crippen LogP contribution in [-0.4, -0.2) is 46.5 Å². The first-order valence-electron chi connectivity index (χ1n) is 9.24. The second kappa shape index (κ2) is 9.17. The lowest BCUT2D eigenvalue weighted by Gasteiger charge is -2.14. The second-order valence-corrected chi connectivity index (χ2v) is 8.47. The molecule has 2 aromatic rings. The third-order valence-electron chi connectivity index (χ3n) is 4.61. The smallest absolute Gasteiger partial charge is 0.255 e. The van der Waals surface area contributed by atoms with E-state index in [2.05, 4.69) is 15.4 Å². The molecule has 1 atom stereocenters. The van der Waals surface area contributed by atoms with Crippen LogP contribution < -0.4 is 15.4 Å². The summed E-state index contributed by atoms with van der Waals surface area (Å²) < 4.78 is 31.6. The number of carbonyl (C=O) groups is 2. The van der Waals surface area contributed by atoms with E-state index in [4.69, 9.17) is 4.74 Å². The molecule has 0 aliphatic carbocycles. The van der Waals surface area contributed by atoms with Gasteiger partial charge >= 0.3 is 0 Å². The van der Waals surface area contributed by atoms with Crippen LogP contribution in [0.4, 0.5) is 5.69 Å². The molecule has 0 spiro atoms. The number of para-hydroxylation sites is 1. The van der Waals surface area contributed by atoms with Gasteiger partial charge in [0.1, 0.15) is 0 Å². The Labute approximate surface area is 169 Å². The summed E-state index contributed by atoms with van der Waals surface area (Å²) in [7, 11) is -2.37. The van der Waals surface area contributed by atoms with Crippen LogP contribution in [0.25, 0.3) is 0 Å². The van der Waals surface area contributed by atoms with Gasteiger partial charge in [-0.15, -0.1) is 0 Å². The Morgan fingerprint density at radius 3 is 2.62 bits per heavy atom. The molecule has 3 rings (SSSR count). The number of amides is 2. The molecule has 0 radical (unpaired) electrons. The minimum atomic E-state index is -3.67. The monoisotopic (exact) mass is 417 g/mol. The first kappa shape index (κ1) is 21.0.